The molecule has 0 aliphatic heterocycles. The average Bonchev–Trinajstić information content (AvgIpc) is 2.38. The molecule has 0 bridgehead atoms. The van der Waals surface area contributed by atoms with Gasteiger partial charge in [0, 0.05) is 24.1 Å². The number of halogens is 1. The first kappa shape index (κ1) is 15.5. The molecule has 0 saturated heterocycles. The van der Waals surface area contributed by atoms with E-state index in [0.29, 0.717) is 12.1 Å². The Morgan fingerprint density at radius 2 is 2.11 bits per heavy atom. The van der Waals surface area contributed by atoms with Crippen LogP contribution < -0.4 is 5.32 Å². The molecule has 0 aliphatic rings. The minimum atomic E-state index is -0.483. The van der Waals surface area contributed by atoms with E-state index >= 15 is 0 Å². The lowest BCUT2D eigenvalue weighted by Crippen LogP contribution is -2.38. The van der Waals surface area contributed by atoms with Gasteiger partial charge in [0.15, 0.2) is 0 Å². The number of carbonyl (C=O) groups is 2. The van der Waals surface area contributed by atoms with Crippen molar-refractivity contribution in [2.75, 3.05) is 20.1 Å². The number of rotatable bonds is 5. The van der Waals surface area contributed by atoms with Gasteiger partial charge in [-0.15, -0.1) is 12.6 Å². The van der Waals surface area contributed by atoms with Crippen LogP contribution in [0.15, 0.2) is 23.1 Å². The number of likely N-dealkylation sites (N-methyl/N-ethyl adjacent to an activating group) is 1. The van der Waals surface area contributed by atoms with Gasteiger partial charge in [0.1, 0.15) is 5.82 Å². The van der Waals surface area contributed by atoms with Crippen LogP contribution in [0.4, 0.5) is 4.39 Å². The predicted molar refractivity (Wildman–Crippen MR) is 73.9 cm³/mol. The van der Waals surface area contributed by atoms with E-state index < -0.39 is 5.82 Å². The molecule has 1 rings (SSSR count). The van der Waals surface area contributed by atoms with Gasteiger partial charge in [-0.2, -0.15) is 0 Å². The highest BCUT2D eigenvalue weighted by molar-refractivity contribution is 7.80. The molecule has 4 nitrogen and oxygen atoms in total. The van der Waals surface area contributed by atoms with Crippen LogP contribution in [0.5, 0.6) is 0 Å². The summed E-state index contributed by atoms with van der Waals surface area (Å²) in [7, 11) is 1.52. The molecule has 0 fully saturated rings. The lowest BCUT2D eigenvalue weighted by atomic mass is 10.2. The molecule has 1 aromatic carbocycles. The first-order valence-corrected chi connectivity index (χ1v) is 6.41. The van der Waals surface area contributed by atoms with Crippen molar-refractivity contribution < 1.29 is 14.0 Å². The van der Waals surface area contributed by atoms with Crippen molar-refractivity contribution in [3.63, 3.8) is 0 Å². The minimum Gasteiger partial charge on any atom is -0.355 e. The molecule has 0 heterocycles. The molecule has 0 spiro atoms. The SMILES string of the molecule is CCCNC(=O)CN(C)C(=O)c1ccc(F)c(S)c1. The molecule has 1 N–H and O–H groups in total. The molecular formula is C13H17FN2O2S. The highest BCUT2D eigenvalue weighted by atomic mass is 32.1. The van der Waals surface area contributed by atoms with Gasteiger partial charge in [-0.25, -0.2) is 4.39 Å². The Labute approximate surface area is 117 Å². The summed E-state index contributed by atoms with van der Waals surface area (Å²) in [6, 6.07) is 3.90. The fourth-order valence-corrected chi connectivity index (χ4v) is 1.69. The largest absolute Gasteiger partial charge is 0.355 e. The fourth-order valence-electron chi connectivity index (χ4n) is 1.47. The van der Waals surface area contributed by atoms with Gasteiger partial charge in [0.25, 0.3) is 5.91 Å². The highest BCUT2D eigenvalue weighted by Crippen LogP contribution is 2.15. The molecular weight excluding hydrogens is 267 g/mol. The normalized spacial score (nSPS) is 10.1. The number of hydrogen-bond acceptors (Lipinski definition) is 3. The van der Waals surface area contributed by atoms with Crippen molar-refractivity contribution in [1.82, 2.24) is 10.2 Å². The summed E-state index contributed by atoms with van der Waals surface area (Å²) in [5.41, 5.74) is 0.303. The van der Waals surface area contributed by atoms with Crippen LogP contribution in [0.2, 0.25) is 0 Å². The Hall–Kier alpha value is -1.56. The van der Waals surface area contributed by atoms with E-state index in [2.05, 4.69) is 17.9 Å². The van der Waals surface area contributed by atoms with Gasteiger partial charge in [0.2, 0.25) is 5.91 Å². The number of nitrogens with one attached hydrogen (secondary N) is 1. The Kier molecular flexibility index (Phi) is 5.82. The Balaban J connectivity index is 2.66. The zero-order valence-electron chi connectivity index (χ0n) is 10.9. The number of nitrogens with zero attached hydrogens (tertiary/aromatic N) is 1. The molecule has 1 aromatic rings. The van der Waals surface area contributed by atoms with Crippen LogP contribution in [0.25, 0.3) is 0 Å². The second-order valence-corrected chi connectivity index (χ2v) is 4.66. The van der Waals surface area contributed by atoms with E-state index in [1.807, 2.05) is 6.92 Å². The van der Waals surface area contributed by atoms with Gasteiger partial charge in [-0.1, -0.05) is 6.92 Å². The second-order valence-electron chi connectivity index (χ2n) is 4.18. The Morgan fingerprint density at radius 1 is 1.42 bits per heavy atom. The van der Waals surface area contributed by atoms with Crippen molar-refractivity contribution in [1.29, 1.82) is 0 Å². The summed E-state index contributed by atoms with van der Waals surface area (Å²) in [5, 5.41) is 2.68. The molecule has 104 valence electrons. The van der Waals surface area contributed by atoms with Crippen molar-refractivity contribution in [2.24, 2.45) is 0 Å². The quantitative estimate of drug-likeness (QED) is 0.809. The summed E-state index contributed by atoms with van der Waals surface area (Å²) in [6.45, 7) is 2.50. The topological polar surface area (TPSA) is 49.4 Å². The van der Waals surface area contributed by atoms with Crippen LogP contribution in [0.3, 0.4) is 0 Å². The van der Waals surface area contributed by atoms with E-state index in [1.54, 1.807) is 0 Å². The summed E-state index contributed by atoms with van der Waals surface area (Å²) in [4.78, 5) is 24.9. The maximum atomic E-state index is 13.0. The van der Waals surface area contributed by atoms with Gasteiger partial charge < -0.3 is 10.2 Å². The summed E-state index contributed by atoms with van der Waals surface area (Å²) in [5.74, 6) is -1.05. The molecule has 6 heteroatoms. The number of amides is 2. The molecule has 19 heavy (non-hydrogen) atoms. The van der Waals surface area contributed by atoms with Gasteiger partial charge in [-0.05, 0) is 24.6 Å². The lowest BCUT2D eigenvalue weighted by molar-refractivity contribution is -0.121. The highest BCUT2D eigenvalue weighted by Gasteiger charge is 2.15. The third-order valence-electron chi connectivity index (χ3n) is 2.49. The van der Waals surface area contributed by atoms with Crippen LogP contribution in [-0.2, 0) is 4.79 Å². The van der Waals surface area contributed by atoms with Crippen LogP contribution in [0.1, 0.15) is 23.7 Å². The number of carbonyl (C=O) groups excluding carboxylic acids is 2. The second kappa shape index (κ2) is 7.13. The third kappa shape index (κ3) is 4.55. The summed E-state index contributed by atoms with van der Waals surface area (Å²) in [6.07, 6.45) is 0.838. The minimum absolute atomic E-state index is 0.0296. The molecule has 0 unspecified atom stereocenters. The molecule has 0 aromatic heterocycles. The van der Waals surface area contributed by atoms with Crippen molar-refractivity contribution in [3.8, 4) is 0 Å². The average molecular weight is 284 g/mol. The molecule has 0 atom stereocenters. The zero-order valence-corrected chi connectivity index (χ0v) is 11.8. The maximum absolute atomic E-state index is 13.0. The van der Waals surface area contributed by atoms with E-state index in [9.17, 15) is 14.0 Å². The molecule has 0 saturated carbocycles. The predicted octanol–water partition coefficient (Wildman–Crippen LogP) is 1.71. The van der Waals surface area contributed by atoms with Crippen molar-refractivity contribution >= 4 is 24.4 Å². The van der Waals surface area contributed by atoms with Gasteiger partial charge in [0.05, 0.1) is 6.54 Å². The van der Waals surface area contributed by atoms with Crippen LogP contribution >= 0.6 is 12.6 Å². The van der Waals surface area contributed by atoms with Crippen LogP contribution in [-0.4, -0.2) is 36.9 Å². The summed E-state index contributed by atoms with van der Waals surface area (Å²) < 4.78 is 13.0. The number of thiol groups is 1. The van der Waals surface area contributed by atoms with Crippen LogP contribution in [0, 0.1) is 5.82 Å². The third-order valence-corrected chi connectivity index (χ3v) is 2.84. The van der Waals surface area contributed by atoms with Crippen molar-refractivity contribution in [3.05, 3.63) is 29.6 Å². The standard InChI is InChI=1S/C13H17FN2O2S/c1-3-6-15-12(17)8-16(2)13(18)9-4-5-10(14)11(19)7-9/h4-5,7,19H,3,6,8H2,1-2H3,(H,15,17). The molecule has 0 aliphatic carbocycles. The summed E-state index contributed by atoms with van der Waals surface area (Å²) >= 11 is 3.92. The smallest absolute Gasteiger partial charge is 0.254 e. The van der Waals surface area contributed by atoms with Gasteiger partial charge >= 0.3 is 0 Å². The first-order chi connectivity index (χ1) is 8.95. The first-order valence-electron chi connectivity index (χ1n) is 5.96. The van der Waals surface area contributed by atoms with Gasteiger partial charge in [-0.3, -0.25) is 9.59 Å². The van der Waals surface area contributed by atoms with E-state index in [-0.39, 0.29) is 23.3 Å². The number of hydrogen-bond donors (Lipinski definition) is 2. The zero-order chi connectivity index (χ0) is 14.4. The van der Waals surface area contributed by atoms with E-state index in [4.69, 9.17) is 0 Å². The fraction of sp³-hybridized carbons (Fsp3) is 0.385. The maximum Gasteiger partial charge on any atom is 0.254 e. The molecule has 0 radical (unpaired) electrons. The van der Waals surface area contributed by atoms with E-state index in [1.165, 1.54) is 30.1 Å². The monoisotopic (exact) mass is 284 g/mol. The Morgan fingerprint density at radius 3 is 2.68 bits per heavy atom. The van der Waals surface area contributed by atoms with Crippen molar-refractivity contribution in [2.45, 2.75) is 18.2 Å². The Bertz CT molecular complexity index is 480. The molecule has 2 amide bonds. The number of benzene rings is 1. The van der Waals surface area contributed by atoms with E-state index in [0.717, 1.165) is 6.42 Å². The lowest BCUT2D eigenvalue weighted by Gasteiger charge is -2.17.